The summed E-state index contributed by atoms with van der Waals surface area (Å²) < 4.78 is 8.45. The number of fused-ring (bicyclic) bond motifs is 1. The third kappa shape index (κ3) is 5.71. The Morgan fingerprint density at radius 3 is 1.97 bits per heavy atom. The van der Waals surface area contributed by atoms with Crippen molar-refractivity contribution in [1.82, 2.24) is 4.90 Å². The van der Waals surface area contributed by atoms with Crippen LogP contribution >= 0.6 is 90.4 Å². The number of nitrogens with one attached hydrogen (secondary N) is 1. The fourth-order valence-electron chi connectivity index (χ4n) is 3.54. The molecule has 11 heteroatoms. The van der Waals surface area contributed by atoms with Crippen LogP contribution < -0.4 is 5.32 Å². The molecule has 3 amide bonds. The van der Waals surface area contributed by atoms with Crippen LogP contribution in [0.15, 0.2) is 24.3 Å². The highest BCUT2D eigenvalue weighted by atomic mass is 127. The lowest BCUT2D eigenvalue weighted by Crippen LogP contribution is -2.47. The number of ether oxygens (including phenoxy) is 1. The minimum Gasteiger partial charge on any atom is -0.454 e. The summed E-state index contributed by atoms with van der Waals surface area (Å²) in [6.07, 6.45) is 0.227. The van der Waals surface area contributed by atoms with Crippen LogP contribution in [-0.2, 0) is 14.3 Å². The first-order valence-corrected chi connectivity index (χ1v) is 14.5. The average molecular weight is 912 g/mol. The maximum Gasteiger partial charge on any atom is 0.329 e. The second kappa shape index (κ2) is 11.7. The highest BCUT2D eigenvalue weighted by Gasteiger charge is 2.47. The van der Waals surface area contributed by atoms with Crippen molar-refractivity contribution in [3.8, 4) is 0 Å². The summed E-state index contributed by atoms with van der Waals surface area (Å²) in [5, 5.41) is 2.71. The lowest BCUT2D eigenvalue weighted by atomic mass is 10.0. The van der Waals surface area contributed by atoms with E-state index in [2.05, 4.69) is 95.7 Å². The molecule has 2 aromatic carbocycles. The number of carbonyl (C=O) groups excluding carboxylic acids is 4. The van der Waals surface area contributed by atoms with Crippen LogP contribution in [-0.4, -0.2) is 41.2 Å². The van der Waals surface area contributed by atoms with Crippen molar-refractivity contribution in [2.75, 3.05) is 11.9 Å². The molecule has 180 valence electrons. The number of amides is 3. The first-order chi connectivity index (χ1) is 16.0. The highest BCUT2D eigenvalue weighted by molar-refractivity contribution is 14.1. The molecule has 0 saturated heterocycles. The first-order valence-electron chi connectivity index (χ1n) is 10.2. The van der Waals surface area contributed by atoms with Gasteiger partial charge in [0, 0.05) is 20.0 Å². The minimum absolute atomic E-state index is 0.000994. The second-order valence-electron chi connectivity index (χ2n) is 8.10. The molecule has 0 aromatic heterocycles. The maximum absolute atomic E-state index is 13.4. The van der Waals surface area contributed by atoms with E-state index in [1.165, 1.54) is 0 Å². The van der Waals surface area contributed by atoms with E-state index in [9.17, 15) is 19.2 Å². The van der Waals surface area contributed by atoms with Gasteiger partial charge in [-0.1, -0.05) is 32.0 Å². The van der Waals surface area contributed by atoms with E-state index < -0.39 is 36.3 Å². The summed E-state index contributed by atoms with van der Waals surface area (Å²) in [5.74, 6) is -2.30. The number of halogens is 4. The molecular weight excluding hydrogens is 892 g/mol. The Morgan fingerprint density at radius 1 is 0.941 bits per heavy atom. The van der Waals surface area contributed by atoms with Gasteiger partial charge in [-0.2, -0.15) is 0 Å². The average Bonchev–Trinajstić information content (AvgIpc) is 3.04. The molecule has 0 radical (unpaired) electrons. The van der Waals surface area contributed by atoms with Crippen LogP contribution in [0.1, 0.15) is 46.5 Å². The molecule has 0 aliphatic carbocycles. The highest BCUT2D eigenvalue weighted by Crippen LogP contribution is 2.38. The smallest absolute Gasteiger partial charge is 0.329 e. The van der Waals surface area contributed by atoms with E-state index in [1.807, 2.05) is 32.9 Å². The van der Waals surface area contributed by atoms with E-state index in [4.69, 9.17) is 4.74 Å². The number of benzene rings is 2. The van der Waals surface area contributed by atoms with Crippen LogP contribution in [0.3, 0.4) is 0 Å². The van der Waals surface area contributed by atoms with Crippen LogP contribution in [0.4, 0.5) is 5.69 Å². The Labute approximate surface area is 252 Å². The standard InChI is InChI=1S/C23H20I4N2O5/c1-10(2)8-13(23(33)34-9-14(30)28-12-7-5-4-6-11(12)3)29-21(31)15-16(22(29)32)18(25)20(27)19(26)17(15)24/h4-7,10,13H,8-9H2,1-3H3,(H,28,30). The number of hydrogen-bond acceptors (Lipinski definition) is 5. The fraction of sp³-hybridized carbons (Fsp3) is 0.304. The molecule has 1 N–H and O–H groups in total. The molecule has 0 spiro atoms. The lowest BCUT2D eigenvalue weighted by molar-refractivity contribution is -0.151. The van der Waals surface area contributed by atoms with E-state index in [0.717, 1.165) is 17.6 Å². The third-order valence-corrected chi connectivity index (χ3v) is 12.6. The zero-order valence-electron chi connectivity index (χ0n) is 18.4. The molecule has 34 heavy (non-hydrogen) atoms. The predicted octanol–water partition coefficient (Wildman–Crippen LogP) is 5.61. The molecule has 1 aliphatic rings. The topological polar surface area (TPSA) is 92.8 Å². The largest absolute Gasteiger partial charge is 0.454 e. The lowest BCUT2D eigenvalue weighted by Gasteiger charge is -2.26. The molecule has 3 rings (SSSR count). The number of esters is 1. The molecule has 1 unspecified atom stereocenters. The Bertz CT molecular complexity index is 1150. The number of carbonyl (C=O) groups is 4. The Balaban J connectivity index is 1.83. The summed E-state index contributed by atoms with van der Waals surface area (Å²) in [6.45, 7) is 5.12. The van der Waals surface area contributed by atoms with Gasteiger partial charge < -0.3 is 10.1 Å². The number of hydrogen-bond donors (Lipinski definition) is 1. The van der Waals surface area contributed by atoms with E-state index in [-0.39, 0.29) is 12.3 Å². The van der Waals surface area contributed by atoms with Crippen molar-refractivity contribution in [3.05, 3.63) is 55.2 Å². The molecular formula is C23H20I4N2O5. The van der Waals surface area contributed by atoms with Crippen LogP contribution in [0.2, 0.25) is 0 Å². The summed E-state index contributed by atoms with van der Waals surface area (Å²) in [4.78, 5) is 53.2. The summed E-state index contributed by atoms with van der Waals surface area (Å²) in [6, 6.07) is 6.13. The van der Waals surface area contributed by atoms with Gasteiger partial charge in [-0.25, -0.2) is 4.79 Å². The van der Waals surface area contributed by atoms with E-state index >= 15 is 0 Å². The van der Waals surface area contributed by atoms with Crippen LogP contribution in [0.25, 0.3) is 0 Å². The fourth-order valence-corrected chi connectivity index (χ4v) is 7.19. The zero-order valence-corrected chi connectivity index (χ0v) is 27.0. The number of anilines is 1. The normalized spacial score (nSPS) is 13.8. The van der Waals surface area contributed by atoms with Crippen molar-refractivity contribution in [1.29, 1.82) is 0 Å². The van der Waals surface area contributed by atoms with Crippen molar-refractivity contribution < 1.29 is 23.9 Å². The van der Waals surface area contributed by atoms with Crippen molar-refractivity contribution >= 4 is 120 Å². The van der Waals surface area contributed by atoms with Crippen LogP contribution in [0.5, 0.6) is 0 Å². The molecule has 1 heterocycles. The van der Waals surface area contributed by atoms with Gasteiger partial charge in [0.15, 0.2) is 6.61 Å². The van der Waals surface area contributed by atoms with Gasteiger partial charge in [0.25, 0.3) is 17.7 Å². The minimum atomic E-state index is -1.12. The van der Waals surface area contributed by atoms with Crippen molar-refractivity contribution in [3.63, 3.8) is 0 Å². The number of imide groups is 1. The van der Waals surface area contributed by atoms with Gasteiger partial charge in [0.1, 0.15) is 6.04 Å². The van der Waals surface area contributed by atoms with Crippen molar-refractivity contribution in [2.45, 2.75) is 33.2 Å². The van der Waals surface area contributed by atoms with E-state index in [0.29, 0.717) is 24.0 Å². The van der Waals surface area contributed by atoms with Gasteiger partial charge in [0.2, 0.25) is 0 Å². The number of nitrogens with zero attached hydrogens (tertiary/aromatic N) is 1. The third-order valence-electron chi connectivity index (χ3n) is 5.18. The molecule has 0 saturated carbocycles. The van der Waals surface area contributed by atoms with Gasteiger partial charge in [-0.3, -0.25) is 19.3 Å². The monoisotopic (exact) mass is 912 g/mol. The Morgan fingerprint density at radius 2 is 1.47 bits per heavy atom. The van der Waals surface area contributed by atoms with Gasteiger partial charge >= 0.3 is 5.97 Å². The summed E-state index contributed by atoms with van der Waals surface area (Å²) in [7, 11) is 0. The quantitative estimate of drug-likeness (QED) is 0.129. The summed E-state index contributed by atoms with van der Waals surface area (Å²) >= 11 is 8.45. The molecule has 7 nitrogen and oxygen atoms in total. The SMILES string of the molecule is Cc1ccccc1NC(=O)COC(=O)C(CC(C)C)N1C(=O)c2c(I)c(I)c(I)c(I)c2C1=O. The molecule has 0 fully saturated rings. The van der Waals surface area contributed by atoms with Crippen molar-refractivity contribution in [2.24, 2.45) is 5.92 Å². The number of aryl methyl sites for hydroxylation is 1. The first kappa shape index (κ1) is 28.0. The van der Waals surface area contributed by atoms with Crippen LogP contribution in [0, 0.1) is 27.1 Å². The number of para-hydroxylation sites is 1. The maximum atomic E-state index is 13.4. The Kier molecular flexibility index (Phi) is 9.61. The van der Waals surface area contributed by atoms with Gasteiger partial charge in [-0.05, 0) is 121 Å². The molecule has 1 aliphatic heterocycles. The molecule has 0 bridgehead atoms. The number of rotatable bonds is 7. The zero-order chi connectivity index (χ0) is 25.3. The second-order valence-corrected chi connectivity index (χ2v) is 12.4. The van der Waals surface area contributed by atoms with Gasteiger partial charge in [-0.15, -0.1) is 0 Å². The summed E-state index contributed by atoms with van der Waals surface area (Å²) in [5.41, 5.74) is 2.13. The van der Waals surface area contributed by atoms with Gasteiger partial charge in [0.05, 0.1) is 11.1 Å². The molecule has 1 atom stereocenters. The Hall–Kier alpha value is -0.560. The predicted molar refractivity (Wildman–Crippen MR) is 162 cm³/mol. The molecule has 2 aromatic rings. The van der Waals surface area contributed by atoms with E-state index in [1.54, 1.807) is 12.1 Å².